The normalized spacial score (nSPS) is 13.0. The number of fused-ring (bicyclic) bond motifs is 2. The van der Waals surface area contributed by atoms with E-state index in [-0.39, 0.29) is 5.56 Å². The van der Waals surface area contributed by atoms with Crippen molar-refractivity contribution in [3.05, 3.63) is 100 Å². The van der Waals surface area contributed by atoms with Crippen molar-refractivity contribution < 1.29 is 0 Å². The van der Waals surface area contributed by atoms with E-state index in [4.69, 9.17) is 0 Å². The van der Waals surface area contributed by atoms with Crippen molar-refractivity contribution in [2.45, 2.75) is 18.0 Å². The van der Waals surface area contributed by atoms with Crippen LogP contribution in [0, 0.1) is 0 Å². The Labute approximate surface area is 162 Å². The van der Waals surface area contributed by atoms with Crippen LogP contribution >= 0.6 is 11.8 Å². The van der Waals surface area contributed by atoms with Crippen molar-refractivity contribution in [2.75, 3.05) is 5.75 Å². The summed E-state index contributed by atoms with van der Waals surface area (Å²) < 4.78 is 1.93. The highest BCUT2D eigenvalue weighted by molar-refractivity contribution is 7.99. The second kappa shape index (κ2) is 6.75. The molecule has 0 N–H and O–H groups in total. The molecule has 0 amide bonds. The molecule has 27 heavy (non-hydrogen) atoms. The predicted molar refractivity (Wildman–Crippen MR) is 114 cm³/mol. The summed E-state index contributed by atoms with van der Waals surface area (Å²) >= 11 is 1.79. The van der Waals surface area contributed by atoms with Gasteiger partial charge in [-0.05, 0) is 33.9 Å². The molecule has 2 heterocycles. The highest BCUT2D eigenvalue weighted by atomic mass is 32.2. The van der Waals surface area contributed by atoms with Crippen LogP contribution in [0.4, 0.5) is 0 Å². The van der Waals surface area contributed by atoms with Crippen molar-refractivity contribution >= 4 is 22.5 Å². The minimum atomic E-state index is 0.116. The van der Waals surface area contributed by atoms with Crippen LogP contribution in [0.1, 0.15) is 11.1 Å². The zero-order valence-electron chi connectivity index (χ0n) is 14.9. The van der Waals surface area contributed by atoms with Gasteiger partial charge in [0, 0.05) is 23.9 Å². The van der Waals surface area contributed by atoms with E-state index in [1.807, 2.05) is 16.7 Å². The topological polar surface area (TPSA) is 22.0 Å². The molecule has 0 atom stereocenters. The van der Waals surface area contributed by atoms with Crippen LogP contribution in [-0.4, -0.2) is 10.3 Å². The van der Waals surface area contributed by atoms with Gasteiger partial charge in [-0.15, -0.1) is 11.8 Å². The molecule has 3 aromatic carbocycles. The van der Waals surface area contributed by atoms with Gasteiger partial charge in [-0.2, -0.15) is 0 Å². The van der Waals surface area contributed by atoms with Crippen molar-refractivity contribution in [3.8, 4) is 11.1 Å². The van der Waals surface area contributed by atoms with Crippen LogP contribution in [0.3, 0.4) is 0 Å². The van der Waals surface area contributed by atoms with Gasteiger partial charge in [-0.3, -0.25) is 4.79 Å². The average Bonchev–Trinajstić information content (AvgIpc) is 3.19. The molecule has 132 valence electrons. The molecule has 0 fully saturated rings. The molecule has 4 aromatic rings. The van der Waals surface area contributed by atoms with E-state index in [1.165, 1.54) is 27.5 Å². The summed E-state index contributed by atoms with van der Waals surface area (Å²) in [5.74, 6) is 0.965. The maximum absolute atomic E-state index is 12.7. The number of nitrogens with zero attached hydrogens (tertiary/aromatic N) is 1. The third-order valence-electron chi connectivity index (χ3n) is 5.22. The minimum absolute atomic E-state index is 0.116. The Morgan fingerprint density at radius 1 is 0.852 bits per heavy atom. The van der Waals surface area contributed by atoms with Crippen LogP contribution in [0.2, 0.25) is 0 Å². The molecule has 5 rings (SSSR count). The van der Waals surface area contributed by atoms with Gasteiger partial charge in [0.05, 0.1) is 5.03 Å². The second-order valence-electron chi connectivity index (χ2n) is 6.87. The molecule has 2 nitrogen and oxygen atoms in total. The first-order valence-electron chi connectivity index (χ1n) is 9.23. The van der Waals surface area contributed by atoms with Crippen LogP contribution in [0.5, 0.6) is 0 Å². The molecular weight excluding hydrogens is 350 g/mol. The summed E-state index contributed by atoms with van der Waals surface area (Å²) in [5, 5.41) is 3.61. The number of pyridine rings is 1. The summed E-state index contributed by atoms with van der Waals surface area (Å²) in [6.07, 6.45) is 0.759. The van der Waals surface area contributed by atoms with Gasteiger partial charge in [0.2, 0.25) is 0 Å². The van der Waals surface area contributed by atoms with E-state index >= 15 is 0 Å². The van der Waals surface area contributed by atoms with E-state index in [0.717, 1.165) is 29.3 Å². The molecule has 1 aliphatic heterocycles. The van der Waals surface area contributed by atoms with Gasteiger partial charge in [0.25, 0.3) is 5.56 Å². The Morgan fingerprint density at radius 3 is 2.52 bits per heavy atom. The smallest absolute Gasteiger partial charge is 0.251 e. The third-order valence-corrected chi connectivity index (χ3v) is 6.31. The molecule has 0 saturated carbocycles. The van der Waals surface area contributed by atoms with E-state index in [1.54, 1.807) is 11.8 Å². The van der Waals surface area contributed by atoms with Crippen LogP contribution in [-0.2, 0) is 13.0 Å². The fourth-order valence-corrected chi connectivity index (χ4v) is 5.17. The lowest BCUT2D eigenvalue weighted by atomic mass is 9.94. The molecule has 0 aliphatic carbocycles. The molecule has 0 bridgehead atoms. The molecule has 1 aliphatic rings. The predicted octanol–water partition coefficient (Wildman–Crippen LogP) is 5.37. The monoisotopic (exact) mass is 369 g/mol. The number of aromatic nitrogens is 1. The zero-order valence-corrected chi connectivity index (χ0v) is 15.7. The van der Waals surface area contributed by atoms with E-state index in [2.05, 4.69) is 66.7 Å². The largest absolute Gasteiger partial charge is 0.302 e. The first-order chi connectivity index (χ1) is 13.3. The highest BCUT2D eigenvalue weighted by Gasteiger charge is 2.21. The maximum Gasteiger partial charge on any atom is 0.251 e. The van der Waals surface area contributed by atoms with Crippen molar-refractivity contribution in [1.29, 1.82) is 0 Å². The molecule has 0 spiro atoms. The van der Waals surface area contributed by atoms with Crippen molar-refractivity contribution in [3.63, 3.8) is 0 Å². The highest BCUT2D eigenvalue weighted by Crippen LogP contribution is 2.38. The molecular formula is C24H19NOS. The lowest BCUT2D eigenvalue weighted by Crippen LogP contribution is -2.20. The minimum Gasteiger partial charge on any atom is -0.302 e. The van der Waals surface area contributed by atoms with E-state index in [9.17, 15) is 4.79 Å². The van der Waals surface area contributed by atoms with Crippen LogP contribution in [0.15, 0.2) is 88.7 Å². The quantitative estimate of drug-likeness (QED) is 0.485. The Kier molecular flexibility index (Phi) is 4.10. The maximum atomic E-state index is 12.7. The summed E-state index contributed by atoms with van der Waals surface area (Å²) in [7, 11) is 0. The summed E-state index contributed by atoms with van der Waals surface area (Å²) in [4.78, 5) is 12.7. The van der Waals surface area contributed by atoms with Gasteiger partial charge in [0.15, 0.2) is 0 Å². The summed E-state index contributed by atoms with van der Waals surface area (Å²) in [6, 6.07) is 27.2. The summed E-state index contributed by atoms with van der Waals surface area (Å²) in [5.41, 5.74) is 4.89. The lowest BCUT2D eigenvalue weighted by Gasteiger charge is -2.16. The molecule has 0 saturated heterocycles. The lowest BCUT2D eigenvalue weighted by molar-refractivity contribution is 0.692. The SMILES string of the molecule is O=c1cc(Cc2cccc3ccccc23)c(-c2ccccc2)c2n1CCS2. The van der Waals surface area contributed by atoms with Crippen LogP contribution < -0.4 is 5.56 Å². The van der Waals surface area contributed by atoms with Gasteiger partial charge in [-0.1, -0.05) is 72.8 Å². The number of benzene rings is 3. The van der Waals surface area contributed by atoms with Gasteiger partial charge < -0.3 is 4.57 Å². The Morgan fingerprint density at radius 2 is 1.63 bits per heavy atom. The van der Waals surface area contributed by atoms with Crippen LogP contribution in [0.25, 0.3) is 21.9 Å². The van der Waals surface area contributed by atoms with E-state index < -0.39 is 0 Å². The Balaban J connectivity index is 1.73. The van der Waals surface area contributed by atoms with Gasteiger partial charge in [0.1, 0.15) is 0 Å². The van der Waals surface area contributed by atoms with Crippen molar-refractivity contribution in [1.82, 2.24) is 4.57 Å². The standard InChI is InChI=1S/C24H19NOS/c26-22-16-20(15-19-11-6-10-17-7-4-5-12-21(17)19)23(18-8-2-1-3-9-18)24-25(22)13-14-27-24/h1-12,16H,13-15H2. The fraction of sp³-hybridized carbons (Fsp3) is 0.125. The Hall–Kier alpha value is -2.78. The second-order valence-corrected chi connectivity index (χ2v) is 7.95. The zero-order chi connectivity index (χ0) is 18.2. The average molecular weight is 369 g/mol. The van der Waals surface area contributed by atoms with Gasteiger partial charge >= 0.3 is 0 Å². The number of hydrogen-bond acceptors (Lipinski definition) is 2. The first-order valence-corrected chi connectivity index (χ1v) is 10.2. The fourth-order valence-electron chi connectivity index (χ4n) is 3.97. The third kappa shape index (κ3) is 2.88. The van der Waals surface area contributed by atoms with Gasteiger partial charge in [-0.25, -0.2) is 0 Å². The van der Waals surface area contributed by atoms with E-state index in [0.29, 0.717) is 0 Å². The van der Waals surface area contributed by atoms with Crippen molar-refractivity contribution in [2.24, 2.45) is 0 Å². The summed E-state index contributed by atoms with van der Waals surface area (Å²) in [6.45, 7) is 0.799. The first kappa shape index (κ1) is 16.4. The number of hydrogen-bond donors (Lipinski definition) is 0. The molecule has 0 radical (unpaired) electrons. The molecule has 1 aromatic heterocycles. The molecule has 3 heteroatoms. The number of rotatable bonds is 3. The Bertz CT molecular complexity index is 1190. The molecule has 0 unspecified atom stereocenters. The number of thioether (sulfide) groups is 1.